The highest BCUT2D eigenvalue weighted by Crippen LogP contribution is 2.34. The van der Waals surface area contributed by atoms with E-state index in [1.165, 1.54) is 18.7 Å². The van der Waals surface area contributed by atoms with Crippen molar-refractivity contribution < 1.29 is 23.5 Å². The average Bonchev–Trinajstić information content (AvgIpc) is 3.18. The van der Waals surface area contributed by atoms with Gasteiger partial charge >= 0.3 is 5.97 Å². The first kappa shape index (κ1) is 22.4. The van der Waals surface area contributed by atoms with E-state index >= 15 is 0 Å². The minimum Gasteiger partial charge on any atom is -0.451 e. The Bertz CT molecular complexity index is 1090. The third-order valence-corrected chi connectivity index (χ3v) is 7.08. The second-order valence-electron chi connectivity index (χ2n) is 8.05. The fourth-order valence-corrected chi connectivity index (χ4v) is 5.35. The molecular formula is C25H26FNO4S. The lowest BCUT2D eigenvalue weighted by molar-refractivity contribution is -0.135. The van der Waals surface area contributed by atoms with Gasteiger partial charge < -0.3 is 14.4 Å². The molecule has 2 aromatic carbocycles. The first-order valence-corrected chi connectivity index (χ1v) is 11.6. The molecule has 1 fully saturated rings. The summed E-state index contributed by atoms with van der Waals surface area (Å²) < 4.78 is 25.5. The molecule has 1 amide bonds. The fraction of sp³-hybridized carbons (Fsp3) is 0.360. The zero-order valence-corrected chi connectivity index (χ0v) is 18.8. The van der Waals surface area contributed by atoms with Crippen molar-refractivity contribution in [3.63, 3.8) is 0 Å². The molecule has 3 aromatic rings. The van der Waals surface area contributed by atoms with Gasteiger partial charge in [-0.25, -0.2) is 9.18 Å². The van der Waals surface area contributed by atoms with Gasteiger partial charge in [0.1, 0.15) is 10.7 Å². The van der Waals surface area contributed by atoms with E-state index in [1.807, 2.05) is 18.2 Å². The van der Waals surface area contributed by atoms with Gasteiger partial charge in [-0.05, 0) is 42.9 Å². The Balaban J connectivity index is 1.33. The molecule has 1 saturated heterocycles. The first-order valence-electron chi connectivity index (χ1n) is 10.7. The normalized spacial score (nSPS) is 14.6. The Morgan fingerprint density at radius 2 is 1.84 bits per heavy atom. The Labute approximate surface area is 190 Å². The fourth-order valence-electron chi connectivity index (χ4n) is 4.23. The van der Waals surface area contributed by atoms with Gasteiger partial charge in [-0.2, -0.15) is 0 Å². The number of esters is 1. The predicted molar refractivity (Wildman–Crippen MR) is 122 cm³/mol. The van der Waals surface area contributed by atoms with Crippen molar-refractivity contribution in [3.05, 3.63) is 70.4 Å². The SMILES string of the molecule is COCc1c(C(=O)OCC(=O)N2CCC(Cc3ccccc3)CC2)sc2cccc(F)c12. The van der Waals surface area contributed by atoms with E-state index in [9.17, 15) is 14.0 Å². The van der Waals surface area contributed by atoms with Gasteiger partial charge in [-0.15, -0.1) is 11.3 Å². The number of halogens is 1. The van der Waals surface area contributed by atoms with Crippen molar-refractivity contribution in [2.24, 2.45) is 5.92 Å². The van der Waals surface area contributed by atoms with Crippen molar-refractivity contribution in [1.82, 2.24) is 4.90 Å². The van der Waals surface area contributed by atoms with Crippen LogP contribution in [-0.4, -0.2) is 43.6 Å². The maximum Gasteiger partial charge on any atom is 0.349 e. The maximum atomic E-state index is 14.3. The maximum absolute atomic E-state index is 14.3. The molecule has 0 N–H and O–H groups in total. The number of carbonyl (C=O) groups excluding carboxylic acids is 2. The molecule has 1 aromatic heterocycles. The van der Waals surface area contributed by atoms with Crippen molar-refractivity contribution in [1.29, 1.82) is 0 Å². The molecule has 0 radical (unpaired) electrons. The smallest absolute Gasteiger partial charge is 0.349 e. The molecule has 0 aliphatic carbocycles. The van der Waals surface area contributed by atoms with Crippen LogP contribution in [0.2, 0.25) is 0 Å². The van der Waals surface area contributed by atoms with Crippen molar-refractivity contribution in [2.75, 3.05) is 26.8 Å². The van der Waals surface area contributed by atoms with E-state index in [-0.39, 0.29) is 24.0 Å². The minimum atomic E-state index is -0.620. The number of hydrogen-bond acceptors (Lipinski definition) is 5. The molecule has 168 valence electrons. The summed E-state index contributed by atoms with van der Waals surface area (Å²) in [6.07, 6.45) is 2.88. The van der Waals surface area contributed by atoms with Gasteiger partial charge in [0.2, 0.25) is 0 Å². The van der Waals surface area contributed by atoms with Gasteiger partial charge in [0, 0.05) is 35.8 Å². The number of methoxy groups -OCH3 is 1. The highest BCUT2D eigenvalue weighted by atomic mass is 32.1. The van der Waals surface area contributed by atoms with Crippen LogP contribution in [0.4, 0.5) is 4.39 Å². The van der Waals surface area contributed by atoms with Gasteiger partial charge in [-0.1, -0.05) is 36.4 Å². The van der Waals surface area contributed by atoms with Crippen LogP contribution in [-0.2, 0) is 27.3 Å². The second kappa shape index (κ2) is 10.2. The largest absolute Gasteiger partial charge is 0.451 e. The molecule has 1 aliphatic rings. The van der Waals surface area contributed by atoms with E-state index in [1.54, 1.807) is 17.0 Å². The summed E-state index contributed by atoms with van der Waals surface area (Å²) in [6, 6.07) is 15.1. The molecule has 0 atom stereocenters. The number of thiophene rings is 1. The molecule has 0 unspecified atom stereocenters. The average molecular weight is 456 g/mol. The number of likely N-dealkylation sites (tertiary alicyclic amines) is 1. The number of carbonyl (C=O) groups is 2. The number of fused-ring (bicyclic) bond motifs is 1. The zero-order chi connectivity index (χ0) is 22.5. The second-order valence-corrected chi connectivity index (χ2v) is 9.10. The van der Waals surface area contributed by atoms with Crippen molar-refractivity contribution >= 4 is 33.3 Å². The summed E-state index contributed by atoms with van der Waals surface area (Å²) in [5.41, 5.74) is 1.78. The summed E-state index contributed by atoms with van der Waals surface area (Å²) in [5, 5.41) is 0.373. The number of benzene rings is 2. The third kappa shape index (κ3) is 5.00. The summed E-state index contributed by atoms with van der Waals surface area (Å²) in [4.78, 5) is 27.3. The van der Waals surface area contributed by atoms with Crippen molar-refractivity contribution in [2.45, 2.75) is 25.9 Å². The van der Waals surface area contributed by atoms with E-state index in [2.05, 4.69) is 12.1 Å². The summed E-state index contributed by atoms with van der Waals surface area (Å²) in [5.74, 6) is -0.671. The number of piperidine rings is 1. The number of ether oxygens (including phenoxy) is 2. The molecule has 32 heavy (non-hydrogen) atoms. The Kier molecular flexibility index (Phi) is 7.17. The molecule has 5 nitrogen and oxygen atoms in total. The molecule has 0 spiro atoms. The van der Waals surface area contributed by atoms with E-state index in [0.29, 0.717) is 34.7 Å². The van der Waals surface area contributed by atoms with Crippen LogP contribution in [0.3, 0.4) is 0 Å². The molecule has 4 rings (SSSR count). The summed E-state index contributed by atoms with van der Waals surface area (Å²) >= 11 is 1.16. The number of rotatable bonds is 7. The zero-order valence-electron chi connectivity index (χ0n) is 18.0. The summed E-state index contributed by atoms with van der Waals surface area (Å²) in [6.45, 7) is 1.10. The highest BCUT2D eigenvalue weighted by molar-refractivity contribution is 7.21. The third-order valence-electron chi connectivity index (χ3n) is 5.90. The topological polar surface area (TPSA) is 55.8 Å². The Morgan fingerprint density at radius 1 is 1.09 bits per heavy atom. The highest BCUT2D eigenvalue weighted by Gasteiger charge is 2.26. The van der Waals surface area contributed by atoms with Crippen LogP contribution >= 0.6 is 11.3 Å². The molecule has 2 heterocycles. The van der Waals surface area contributed by atoms with E-state index < -0.39 is 11.8 Å². The van der Waals surface area contributed by atoms with Gasteiger partial charge in [0.15, 0.2) is 6.61 Å². The van der Waals surface area contributed by atoms with Crippen LogP contribution < -0.4 is 0 Å². The summed E-state index contributed by atoms with van der Waals surface area (Å²) in [7, 11) is 1.49. The lowest BCUT2D eigenvalue weighted by atomic mass is 9.90. The molecule has 0 bridgehead atoms. The van der Waals surface area contributed by atoms with Crippen LogP contribution in [0.15, 0.2) is 48.5 Å². The van der Waals surface area contributed by atoms with Crippen LogP contribution in [0.25, 0.3) is 10.1 Å². The van der Waals surface area contributed by atoms with Gasteiger partial charge in [0.25, 0.3) is 5.91 Å². The first-order chi connectivity index (χ1) is 15.6. The predicted octanol–water partition coefficient (Wildman–Crippen LogP) is 4.82. The lowest BCUT2D eigenvalue weighted by Crippen LogP contribution is -2.41. The molecule has 0 saturated carbocycles. The quantitative estimate of drug-likeness (QED) is 0.479. The minimum absolute atomic E-state index is 0.0915. The van der Waals surface area contributed by atoms with E-state index in [0.717, 1.165) is 30.6 Å². The van der Waals surface area contributed by atoms with Crippen LogP contribution in [0.1, 0.15) is 33.6 Å². The van der Waals surface area contributed by atoms with Crippen LogP contribution in [0, 0.1) is 11.7 Å². The lowest BCUT2D eigenvalue weighted by Gasteiger charge is -2.32. The van der Waals surface area contributed by atoms with E-state index in [4.69, 9.17) is 9.47 Å². The standard InChI is InChI=1S/C25H26FNO4S/c1-30-15-19-23-20(26)8-5-9-21(23)32-24(19)25(29)31-16-22(28)27-12-10-18(11-13-27)14-17-6-3-2-4-7-17/h2-9,18H,10-16H2,1H3. The monoisotopic (exact) mass is 455 g/mol. The Morgan fingerprint density at radius 3 is 2.56 bits per heavy atom. The Hall–Kier alpha value is -2.77. The molecule has 1 aliphatic heterocycles. The van der Waals surface area contributed by atoms with Gasteiger partial charge in [-0.3, -0.25) is 4.79 Å². The number of nitrogens with zero attached hydrogens (tertiary/aromatic N) is 1. The number of amides is 1. The van der Waals surface area contributed by atoms with Crippen molar-refractivity contribution in [3.8, 4) is 0 Å². The van der Waals surface area contributed by atoms with Crippen LogP contribution in [0.5, 0.6) is 0 Å². The molecular weight excluding hydrogens is 429 g/mol. The number of hydrogen-bond donors (Lipinski definition) is 0. The molecule has 7 heteroatoms. The van der Waals surface area contributed by atoms with Gasteiger partial charge in [0.05, 0.1) is 6.61 Å².